The first-order valence-corrected chi connectivity index (χ1v) is 10.2. The number of carbonyl (C=O) groups is 1. The van der Waals surface area contributed by atoms with Gasteiger partial charge in [0.15, 0.2) is 0 Å². The van der Waals surface area contributed by atoms with Crippen LogP contribution in [0.4, 0.5) is 0 Å². The van der Waals surface area contributed by atoms with Crippen LogP contribution in [-0.2, 0) is 4.74 Å². The van der Waals surface area contributed by atoms with Crippen LogP contribution in [0.3, 0.4) is 0 Å². The number of piperazine rings is 1. The Bertz CT molecular complexity index is 708. The van der Waals surface area contributed by atoms with E-state index in [1.54, 1.807) is 18.9 Å². The smallest absolute Gasteiger partial charge is 0.253 e. The first kappa shape index (κ1) is 19.0. The average Bonchev–Trinajstić information content (AvgIpc) is 2.72. The van der Waals surface area contributed by atoms with Crippen molar-refractivity contribution in [3.05, 3.63) is 54.1 Å². The van der Waals surface area contributed by atoms with E-state index in [0.717, 1.165) is 50.5 Å². The van der Waals surface area contributed by atoms with E-state index in [-0.39, 0.29) is 5.91 Å². The maximum atomic E-state index is 12.7. The Morgan fingerprint density at radius 3 is 2.08 bits per heavy atom. The predicted octanol–water partition coefficient (Wildman–Crippen LogP) is 3.48. The van der Waals surface area contributed by atoms with E-state index in [4.69, 9.17) is 4.74 Å². The molecule has 0 aliphatic carbocycles. The zero-order valence-corrected chi connectivity index (χ0v) is 16.3. The van der Waals surface area contributed by atoms with Crippen molar-refractivity contribution in [2.24, 2.45) is 0 Å². The lowest BCUT2D eigenvalue weighted by Crippen LogP contribution is -2.49. The monoisotopic (exact) mass is 370 g/mol. The van der Waals surface area contributed by atoms with Gasteiger partial charge in [-0.1, -0.05) is 24.3 Å². The third-order valence-corrected chi connectivity index (χ3v) is 5.57. The van der Waals surface area contributed by atoms with Crippen molar-refractivity contribution in [3.63, 3.8) is 0 Å². The summed E-state index contributed by atoms with van der Waals surface area (Å²) in [6, 6.07) is 16.5. The first-order valence-electron chi connectivity index (χ1n) is 8.96. The molecule has 0 aromatic heterocycles. The van der Waals surface area contributed by atoms with Crippen molar-refractivity contribution in [3.8, 4) is 11.1 Å². The molecular weight excluding hydrogens is 344 g/mol. The molecule has 1 fully saturated rings. The number of carbonyl (C=O) groups excluding carboxylic acids is 1. The molecule has 3 rings (SSSR count). The Morgan fingerprint density at radius 2 is 1.54 bits per heavy atom. The maximum Gasteiger partial charge on any atom is 0.253 e. The maximum absolute atomic E-state index is 12.7. The van der Waals surface area contributed by atoms with E-state index in [1.165, 1.54) is 10.5 Å². The molecule has 5 heteroatoms. The number of rotatable bonds is 6. The van der Waals surface area contributed by atoms with Gasteiger partial charge in [-0.3, -0.25) is 9.69 Å². The van der Waals surface area contributed by atoms with Crippen molar-refractivity contribution in [1.29, 1.82) is 0 Å². The van der Waals surface area contributed by atoms with Gasteiger partial charge in [0.1, 0.15) is 0 Å². The van der Waals surface area contributed by atoms with Crippen LogP contribution in [0.1, 0.15) is 10.4 Å². The molecule has 1 aliphatic heterocycles. The number of methoxy groups -OCH3 is 1. The molecular formula is C21H26N2O2S. The molecule has 2 aromatic carbocycles. The van der Waals surface area contributed by atoms with Crippen LogP contribution in [-0.4, -0.2) is 68.4 Å². The fourth-order valence-corrected chi connectivity index (χ4v) is 3.57. The molecule has 0 atom stereocenters. The Balaban J connectivity index is 1.60. The summed E-state index contributed by atoms with van der Waals surface area (Å²) >= 11 is 1.74. The van der Waals surface area contributed by atoms with Gasteiger partial charge in [-0.05, 0) is 41.6 Å². The zero-order valence-electron chi connectivity index (χ0n) is 15.5. The molecule has 0 spiro atoms. The Kier molecular flexibility index (Phi) is 6.72. The molecule has 0 N–H and O–H groups in total. The van der Waals surface area contributed by atoms with Crippen LogP contribution in [0, 0.1) is 0 Å². The summed E-state index contributed by atoms with van der Waals surface area (Å²) in [6.07, 6.45) is 2.08. The predicted molar refractivity (Wildman–Crippen MR) is 108 cm³/mol. The molecule has 1 aliphatic rings. The highest BCUT2D eigenvalue weighted by molar-refractivity contribution is 7.98. The summed E-state index contributed by atoms with van der Waals surface area (Å²) in [4.78, 5) is 18.3. The highest BCUT2D eigenvalue weighted by atomic mass is 32.2. The fourth-order valence-electron chi connectivity index (χ4n) is 3.17. The highest BCUT2D eigenvalue weighted by Crippen LogP contribution is 2.23. The third-order valence-electron chi connectivity index (χ3n) is 4.83. The number of benzene rings is 2. The largest absolute Gasteiger partial charge is 0.383 e. The molecule has 1 amide bonds. The fraction of sp³-hybridized carbons (Fsp3) is 0.381. The van der Waals surface area contributed by atoms with Crippen molar-refractivity contribution in [2.45, 2.75) is 4.90 Å². The summed E-state index contributed by atoms with van der Waals surface area (Å²) in [5, 5.41) is 0. The van der Waals surface area contributed by atoms with E-state index in [0.29, 0.717) is 0 Å². The van der Waals surface area contributed by atoms with Crippen LogP contribution in [0.25, 0.3) is 11.1 Å². The minimum atomic E-state index is 0.126. The minimum absolute atomic E-state index is 0.126. The topological polar surface area (TPSA) is 32.8 Å². The molecule has 0 radical (unpaired) electrons. The number of hydrogen-bond donors (Lipinski definition) is 0. The van der Waals surface area contributed by atoms with E-state index < -0.39 is 0 Å². The SMILES string of the molecule is COCCN1CCN(C(=O)c2ccc(-c3ccc(SC)cc3)cc2)CC1. The van der Waals surface area contributed by atoms with Gasteiger partial charge in [0.05, 0.1) is 6.61 Å². The first-order chi connectivity index (χ1) is 12.7. The van der Waals surface area contributed by atoms with Crippen molar-refractivity contribution in [2.75, 3.05) is 52.7 Å². The van der Waals surface area contributed by atoms with Crippen molar-refractivity contribution in [1.82, 2.24) is 9.80 Å². The van der Waals surface area contributed by atoms with E-state index >= 15 is 0 Å². The number of nitrogens with zero attached hydrogens (tertiary/aromatic N) is 2. The number of amides is 1. The molecule has 26 heavy (non-hydrogen) atoms. The molecule has 0 saturated carbocycles. The summed E-state index contributed by atoms with van der Waals surface area (Å²) in [6.45, 7) is 5.06. The molecule has 0 unspecified atom stereocenters. The van der Waals surface area contributed by atoms with Crippen molar-refractivity contribution >= 4 is 17.7 Å². The molecule has 0 bridgehead atoms. The molecule has 138 valence electrons. The lowest BCUT2D eigenvalue weighted by molar-refractivity contribution is 0.0594. The van der Waals surface area contributed by atoms with Gasteiger partial charge in [-0.25, -0.2) is 0 Å². The minimum Gasteiger partial charge on any atom is -0.383 e. The molecule has 1 saturated heterocycles. The van der Waals surface area contributed by atoms with Crippen LogP contribution in [0.2, 0.25) is 0 Å². The lowest BCUT2D eigenvalue weighted by Gasteiger charge is -2.34. The number of ether oxygens (including phenoxy) is 1. The zero-order chi connectivity index (χ0) is 18.4. The van der Waals surface area contributed by atoms with Gasteiger partial charge in [-0.2, -0.15) is 0 Å². The normalized spacial score (nSPS) is 15.2. The summed E-state index contributed by atoms with van der Waals surface area (Å²) in [5.41, 5.74) is 3.08. The molecule has 1 heterocycles. The van der Waals surface area contributed by atoms with Gasteiger partial charge in [0.2, 0.25) is 0 Å². The second-order valence-electron chi connectivity index (χ2n) is 6.43. The van der Waals surface area contributed by atoms with Gasteiger partial charge < -0.3 is 9.64 Å². The van der Waals surface area contributed by atoms with E-state index in [9.17, 15) is 4.79 Å². The summed E-state index contributed by atoms with van der Waals surface area (Å²) in [7, 11) is 1.72. The molecule has 4 nitrogen and oxygen atoms in total. The lowest BCUT2D eigenvalue weighted by atomic mass is 10.0. The van der Waals surface area contributed by atoms with Crippen LogP contribution >= 0.6 is 11.8 Å². The second-order valence-corrected chi connectivity index (χ2v) is 7.31. The third kappa shape index (κ3) is 4.67. The standard InChI is InChI=1S/C21H26N2O2S/c1-25-16-15-22-11-13-23(14-12-22)21(24)19-5-3-17(4-6-19)18-7-9-20(26-2)10-8-18/h3-10H,11-16H2,1-2H3. The van der Waals surface area contributed by atoms with Gasteiger partial charge in [-0.15, -0.1) is 11.8 Å². The van der Waals surface area contributed by atoms with Gasteiger partial charge in [0, 0.05) is 50.3 Å². The van der Waals surface area contributed by atoms with Crippen molar-refractivity contribution < 1.29 is 9.53 Å². The van der Waals surface area contributed by atoms with Crippen LogP contribution in [0.15, 0.2) is 53.4 Å². The highest BCUT2D eigenvalue weighted by Gasteiger charge is 2.21. The van der Waals surface area contributed by atoms with Gasteiger partial charge in [0.25, 0.3) is 5.91 Å². The van der Waals surface area contributed by atoms with Crippen LogP contribution in [0.5, 0.6) is 0 Å². The van der Waals surface area contributed by atoms with E-state index in [2.05, 4.69) is 35.4 Å². The molecule has 2 aromatic rings. The quantitative estimate of drug-likeness (QED) is 0.729. The number of thioether (sulfide) groups is 1. The van der Waals surface area contributed by atoms with E-state index in [1.807, 2.05) is 29.2 Å². The summed E-state index contributed by atoms with van der Waals surface area (Å²) in [5.74, 6) is 0.126. The Labute approximate surface area is 160 Å². The van der Waals surface area contributed by atoms with Gasteiger partial charge >= 0.3 is 0 Å². The second kappa shape index (κ2) is 9.21. The van der Waals surface area contributed by atoms with Crippen LogP contribution < -0.4 is 0 Å². The number of hydrogen-bond acceptors (Lipinski definition) is 4. The Morgan fingerprint density at radius 1 is 0.962 bits per heavy atom. The average molecular weight is 371 g/mol. The summed E-state index contributed by atoms with van der Waals surface area (Å²) < 4.78 is 5.13. The Hall–Kier alpha value is -1.82.